The molecule has 0 fully saturated rings. The lowest BCUT2D eigenvalue weighted by atomic mass is 10.3. The molecule has 0 spiro atoms. The Bertz CT molecular complexity index is 353. The van der Waals surface area contributed by atoms with Crippen LogP contribution in [0.15, 0.2) is 0 Å². The van der Waals surface area contributed by atoms with Crippen LogP contribution in [0.4, 0.5) is 0 Å². The summed E-state index contributed by atoms with van der Waals surface area (Å²) in [5.74, 6) is 0.817. The molecular weight excluding hydrogens is 236 g/mol. The molecule has 96 valence electrons. The number of hydrogen-bond donors (Lipinski definition) is 2. The van der Waals surface area contributed by atoms with Gasteiger partial charge in [0.25, 0.3) is 5.91 Å². The van der Waals surface area contributed by atoms with Crippen molar-refractivity contribution in [2.24, 2.45) is 0 Å². The number of nitrogens with one attached hydrogen (secondary N) is 2. The highest BCUT2D eigenvalue weighted by molar-refractivity contribution is 7.99. The molecule has 5 nitrogen and oxygen atoms in total. The fraction of sp³-hybridized carbons (Fsp3) is 0.727. The van der Waals surface area contributed by atoms with Crippen molar-refractivity contribution in [3.8, 4) is 0 Å². The van der Waals surface area contributed by atoms with Gasteiger partial charge in [-0.25, -0.2) is 4.98 Å². The summed E-state index contributed by atoms with van der Waals surface area (Å²) in [5.41, 5.74) is 0. The minimum Gasteiger partial charge on any atom is -0.349 e. The maximum absolute atomic E-state index is 11.7. The van der Waals surface area contributed by atoms with E-state index in [4.69, 9.17) is 0 Å². The van der Waals surface area contributed by atoms with Gasteiger partial charge < -0.3 is 5.32 Å². The van der Waals surface area contributed by atoms with Crippen LogP contribution < -0.4 is 5.32 Å². The molecule has 1 unspecified atom stereocenters. The first-order valence-electron chi connectivity index (χ1n) is 5.89. The molecule has 1 rings (SSSR count). The van der Waals surface area contributed by atoms with Crippen molar-refractivity contribution >= 4 is 17.7 Å². The number of amides is 1. The Kier molecular flexibility index (Phi) is 6.04. The largest absolute Gasteiger partial charge is 0.349 e. The van der Waals surface area contributed by atoms with Gasteiger partial charge in [-0.2, -0.15) is 11.8 Å². The number of aromatic amines is 1. The molecule has 1 aromatic rings. The highest BCUT2D eigenvalue weighted by Gasteiger charge is 2.11. The molecule has 17 heavy (non-hydrogen) atoms. The zero-order valence-electron chi connectivity index (χ0n) is 10.6. The molecule has 0 aliphatic carbocycles. The van der Waals surface area contributed by atoms with Crippen molar-refractivity contribution < 1.29 is 4.79 Å². The second kappa shape index (κ2) is 7.32. The molecule has 1 heterocycles. The number of aromatic nitrogens is 3. The molecule has 0 aliphatic heterocycles. The van der Waals surface area contributed by atoms with Gasteiger partial charge in [0, 0.05) is 18.2 Å². The summed E-state index contributed by atoms with van der Waals surface area (Å²) in [6.07, 6.45) is 4.84. The van der Waals surface area contributed by atoms with E-state index in [0.717, 1.165) is 25.1 Å². The predicted octanol–water partition coefficient (Wildman–Crippen LogP) is 1.63. The van der Waals surface area contributed by atoms with E-state index in [1.54, 1.807) is 11.8 Å². The van der Waals surface area contributed by atoms with E-state index in [9.17, 15) is 4.79 Å². The number of nitrogens with zero attached hydrogens (tertiary/aromatic N) is 2. The number of rotatable bonds is 7. The summed E-state index contributed by atoms with van der Waals surface area (Å²) in [4.78, 5) is 15.8. The maximum Gasteiger partial charge on any atom is 0.290 e. The molecule has 0 aliphatic rings. The van der Waals surface area contributed by atoms with Crippen LogP contribution in [0, 0.1) is 0 Å². The molecule has 0 aromatic carbocycles. The molecular formula is C11H20N4OS. The van der Waals surface area contributed by atoms with Crippen LogP contribution in [0.5, 0.6) is 0 Å². The fourth-order valence-electron chi connectivity index (χ4n) is 1.33. The second-order valence-corrected chi connectivity index (χ2v) is 5.22. The molecule has 0 radical (unpaired) electrons. The van der Waals surface area contributed by atoms with Gasteiger partial charge in [-0.1, -0.05) is 13.8 Å². The van der Waals surface area contributed by atoms with E-state index >= 15 is 0 Å². The van der Waals surface area contributed by atoms with Crippen molar-refractivity contribution in [1.82, 2.24) is 20.5 Å². The summed E-state index contributed by atoms with van der Waals surface area (Å²) in [6, 6.07) is 0. The zero-order chi connectivity index (χ0) is 12.7. The monoisotopic (exact) mass is 256 g/mol. The summed E-state index contributed by atoms with van der Waals surface area (Å²) >= 11 is 1.79. The van der Waals surface area contributed by atoms with Gasteiger partial charge in [-0.15, -0.1) is 5.10 Å². The van der Waals surface area contributed by atoms with Gasteiger partial charge in [0.2, 0.25) is 5.82 Å². The Morgan fingerprint density at radius 1 is 1.59 bits per heavy atom. The van der Waals surface area contributed by atoms with Gasteiger partial charge in [0.1, 0.15) is 5.82 Å². The van der Waals surface area contributed by atoms with Crippen molar-refractivity contribution in [3.05, 3.63) is 11.6 Å². The number of thioether (sulfide) groups is 1. The van der Waals surface area contributed by atoms with Crippen LogP contribution >= 0.6 is 11.8 Å². The molecule has 1 atom stereocenters. The SMILES string of the molecule is CCCc1nc(C(=O)NCCC(C)SC)n[nH]1. The van der Waals surface area contributed by atoms with Gasteiger partial charge in [-0.3, -0.25) is 9.89 Å². The first-order chi connectivity index (χ1) is 8.17. The summed E-state index contributed by atoms with van der Waals surface area (Å²) in [6.45, 7) is 4.87. The van der Waals surface area contributed by atoms with Crippen LogP contribution in [-0.2, 0) is 6.42 Å². The van der Waals surface area contributed by atoms with E-state index < -0.39 is 0 Å². The topological polar surface area (TPSA) is 70.7 Å². The normalized spacial score (nSPS) is 12.4. The lowest BCUT2D eigenvalue weighted by molar-refractivity contribution is 0.0943. The average molecular weight is 256 g/mol. The Morgan fingerprint density at radius 3 is 3.00 bits per heavy atom. The number of aryl methyl sites for hydroxylation is 1. The Balaban J connectivity index is 2.36. The maximum atomic E-state index is 11.7. The van der Waals surface area contributed by atoms with Crippen molar-refractivity contribution in [2.45, 2.75) is 38.4 Å². The third-order valence-corrected chi connectivity index (χ3v) is 3.50. The smallest absolute Gasteiger partial charge is 0.290 e. The molecule has 2 N–H and O–H groups in total. The van der Waals surface area contributed by atoms with Crippen molar-refractivity contribution in [3.63, 3.8) is 0 Å². The minimum atomic E-state index is -0.197. The number of hydrogen-bond acceptors (Lipinski definition) is 4. The summed E-state index contributed by atoms with van der Waals surface area (Å²) in [7, 11) is 0. The molecule has 6 heteroatoms. The first kappa shape index (κ1) is 14.0. The third-order valence-electron chi connectivity index (χ3n) is 2.46. The fourth-order valence-corrected chi connectivity index (χ4v) is 1.68. The van der Waals surface area contributed by atoms with E-state index in [2.05, 4.69) is 40.6 Å². The highest BCUT2D eigenvalue weighted by atomic mass is 32.2. The Labute approximate surface area is 106 Å². The van der Waals surface area contributed by atoms with Crippen molar-refractivity contribution in [2.75, 3.05) is 12.8 Å². The standard InChI is InChI=1S/C11H20N4OS/c1-4-5-9-13-10(15-14-9)11(16)12-7-6-8(2)17-3/h8H,4-7H2,1-3H3,(H,12,16)(H,13,14,15). The van der Waals surface area contributed by atoms with Crippen LogP contribution in [-0.4, -0.2) is 39.1 Å². The van der Waals surface area contributed by atoms with Crippen LogP contribution in [0.2, 0.25) is 0 Å². The number of H-pyrrole nitrogens is 1. The Morgan fingerprint density at radius 2 is 2.35 bits per heavy atom. The lowest BCUT2D eigenvalue weighted by Crippen LogP contribution is -2.27. The molecule has 1 amide bonds. The first-order valence-corrected chi connectivity index (χ1v) is 7.18. The lowest BCUT2D eigenvalue weighted by Gasteiger charge is -2.07. The average Bonchev–Trinajstić information content (AvgIpc) is 2.78. The van der Waals surface area contributed by atoms with E-state index in [-0.39, 0.29) is 11.7 Å². The second-order valence-electron chi connectivity index (χ2n) is 3.95. The third kappa shape index (κ3) is 4.77. The Hall–Kier alpha value is -1.04. The van der Waals surface area contributed by atoms with Crippen LogP contribution in [0.3, 0.4) is 0 Å². The molecule has 0 saturated carbocycles. The van der Waals surface area contributed by atoms with Crippen molar-refractivity contribution in [1.29, 1.82) is 0 Å². The molecule has 1 aromatic heterocycles. The van der Waals surface area contributed by atoms with Crippen LogP contribution in [0.25, 0.3) is 0 Å². The molecule has 0 saturated heterocycles. The number of carbonyl (C=O) groups excluding carboxylic acids is 1. The predicted molar refractivity (Wildman–Crippen MR) is 70.3 cm³/mol. The summed E-state index contributed by atoms with van der Waals surface area (Å²) in [5, 5.41) is 10.0. The minimum absolute atomic E-state index is 0.197. The van der Waals surface area contributed by atoms with Gasteiger partial charge in [0.15, 0.2) is 0 Å². The quantitative estimate of drug-likeness (QED) is 0.778. The van der Waals surface area contributed by atoms with E-state index in [1.165, 1.54) is 0 Å². The van der Waals surface area contributed by atoms with Gasteiger partial charge in [0.05, 0.1) is 0 Å². The zero-order valence-corrected chi connectivity index (χ0v) is 11.4. The van der Waals surface area contributed by atoms with Gasteiger partial charge >= 0.3 is 0 Å². The molecule has 0 bridgehead atoms. The van der Waals surface area contributed by atoms with Gasteiger partial charge in [-0.05, 0) is 19.1 Å². The van der Waals surface area contributed by atoms with E-state index in [1.807, 2.05) is 0 Å². The summed E-state index contributed by atoms with van der Waals surface area (Å²) < 4.78 is 0. The van der Waals surface area contributed by atoms with E-state index in [0.29, 0.717) is 11.8 Å². The number of carbonyl (C=O) groups is 1. The highest BCUT2D eigenvalue weighted by Crippen LogP contribution is 2.08. The van der Waals surface area contributed by atoms with Crippen LogP contribution in [0.1, 0.15) is 43.1 Å².